The lowest BCUT2D eigenvalue weighted by Crippen LogP contribution is -2.17. The number of hydrogen-bond acceptors (Lipinski definition) is 8. The first-order valence-corrected chi connectivity index (χ1v) is 8.05. The highest BCUT2D eigenvalue weighted by atomic mass is 35.5. The van der Waals surface area contributed by atoms with Gasteiger partial charge in [0.1, 0.15) is 0 Å². The van der Waals surface area contributed by atoms with Crippen molar-refractivity contribution in [2.24, 2.45) is 0 Å². The summed E-state index contributed by atoms with van der Waals surface area (Å²) in [7, 11) is 1.25. The van der Waals surface area contributed by atoms with Crippen molar-refractivity contribution < 1.29 is 14.5 Å². The highest BCUT2D eigenvalue weighted by molar-refractivity contribution is 8.00. The molecule has 0 spiro atoms. The number of anilines is 1. The fraction of sp³-hybridized carbons (Fsp3) is 0.583. The van der Waals surface area contributed by atoms with Crippen LogP contribution < -0.4 is 5.32 Å². The van der Waals surface area contributed by atoms with E-state index in [1.807, 2.05) is 0 Å². The molecule has 1 fully saturated rings. The lowest BCUT2D eigenvalue weighted by atomic mass is 10.2. The molecule has 8 nitrogen and oxygen atoms in total. The molecular weight excluding hydrogens is 332 g/mol. The average Bonchev–Trinajstić information content (AvgIpc) is 2.96. The average molecular weight is 347 g/mol. The maximum atomic E-state index is 11.4. The van der Waals surface area contributed by atoms with E-state index in [4.69, 9.17) is 11.6 Å². The molecular formula is C12H15ClN4O4S. The molecule has 0 unspecified atom stereocenters. The summed E-state index contributed by atoms with van der Waals surface area (Å²) in [5, 5.41) is 14.4. The fourth-order valence-corrected chi connectivity index (χ4v) is 3.27. The molecule has 1 saturated carbocycles. The minimum atomic E-state index is -0.562. The summed E-state index contributed by atoms with van der Waals surface area (Å²) in [5.74, 6) is -0.489. The molecule has 1 heterocycles. The Morgan fingerprint density at radius 2 is 2.18 bits per heavy atom. The quantitative estimate of drug-likeness (QED) is 0.209. The Balaban J connectivity index is 2.28. The molecule has 0 amide bonds. The Kier molecular flexibility index (Phi) is 5.78. The van der Waals surface area contributed by atoms with Crippen LogP contribution in [0.2, 0.25) is 5.28 Å². The van der Waals surface area contributed by atoms with Crippen LogP contribution in [0.1, 0.15) is 25.7 Å². The third-order valence-electron chi connectivity index (χ3n) is 3.26. The van der Waals surface area contributed by atoms with E-state index in [0.717, 1.165) is 37.4 Å². The van der Waals surface area contributed by atoms with E-state index in [0.29, 0.717) is 0 Å². The van der Waals surface area contributed by atoms with Gasteiger partial charge in [0.15, 0.2) is 5.03 Å². The summed E-state index contributed by atoms with van der Waals surface area (Å²) in [5.41, 5.74) is -0.259. The van der Waals surface area contributed by atoms with Crippen LogP contribution in [0.15, 0.2) is 5.03 Å². The Morgan fingerprint density at radius 3 is 2.77 bits per heavy atom. The van der Waals surface area contributed by atoms with Crippen LogP contribution >= 0.6 is 23.4 Å². The number of nitro groups is 1. The molecule has 0 aromatic carbocycles. The molecule has 0 saturated heterocycles. The smallest absolute Gasteiger partial charge is 0.343 e. The predicted molar refractivity (Wildman–Crippen MR) is 82.3 cm³/mol. The minimum absolute atomic E-state index is 0.0518. The lowest BCUT2D eigenvalue weighted by molar-refractivity contribution is -0.387. The second-order valence-electron chi connectivity index (χ2n) is 4.74. The molecule has 0 radical (unpaired) electrons. The monoisotopic (exact) mass is 346 g/mol. The first kappa shape index (κ1) is 16.8. The number of methoxy groups -OCH3 is 1. The van der Waals surface area contributed by atoms with Crippen molar-refractivity contribution in [2.45, 2.75) is 36.8 Å². The van der Waals surface area contributed by atoms with Crippen molar-refractivity contribution in [3.05, 3.63) is 15.4 Å². The zero-order valence-electron chi connectivity index (χ0n) is 11.9. The number of carbonyl (C=O) groups is 1. The van der Waals surface area contributed by atoms with Crippen LogP contribution in [-0.2, 0) is 9.53 Å². The summed E-state index contributed by atoms with van der Waals surface area (Å²) in [6, 6.07) is 0.142. The van der Waals surface area contributed by atoms with E-state index in [9.17, 15) is 14.9 Å². The number of ether oxygens (including phenoxy) is 1. The Bertz CT molecular complexity index is 580. The first-order chi connectivity index (χ1) is 10.5. The van der Waals surface area contributed by atoms with Crippen LogP contribution in [0, 0.1) is 10.1 Å². The van der Waals surface area contributed by atoms with E-state index < -0.39 is 10.9 Å². The van der Waals surface area contributed by atoms with Gasteiger partial charge in [0, 0.05) is 6.04 Å². The van der Waals surface area contributed by atoms with Gasteiger partial charge >= 0.3 is 11.7 Å². The van der Waals surface area contributed by atoms with Gasteiger partial charge in [-0.05, 0) is 24.4 Å². The summed E-state index contributed by atoms with van der Waals surface area (Å²) >= 11 is 6.75. The first-order valence-electron chi connectivity index (χ1n) is 6.69. The summed E-state index contributed by atoms with van der Waals surface area (Å²) in [4.78, 5) is 29.8. The second-order valence-corrected chi connectivity index (χ2v) is 6.04. The number of nitrogens with zero attached hydrogens (tertiary/aromatic N) is 3. The van der Waals surface area contributed by atoms with Gasteiger partial charge in [-0.1, -0.05) is 24.6 Å². The van der Waals surface area contributed by atoms with E-state index in [2.05, 4.69) is 20.0 Å². The van der Waals surface area contributed by atoms with Crippen LogP contribution in [0.4, 0.5) is 11.5 Å². The van der Waals surface area contributed by atoms with Crippen LogP contribution in [-0.4, -0.2) is 39.8 Å². The highest BCUT2D eigenvalue weighted by Gasteiger charge is 2.28. The zero-order chi connectivity index (χ0) is 16.1. The van der Waals surface area contributed by atoms with Crippen molar-refractivity contribution in [2.75, 3.05) is 18.2 Å². The zero-order valence-corrected chi connectivity index (χ0v) is 13.4. The topological polar surface area (TPSA) is 107 Å². The number of thioether (sulfide) groups is 1. The molecule has 2 rings (SSSR count). The molecule has 0 atom stereocenters. The van der Waals surface area contributed by atoms with Crippen LogP contribution in [0.5, 0.6) is 0 Å². The molecule has 120 valence electrons. The standard InChI is InChI=1S/C12H15ClN4O4S/c1-21-8(18)6-22-11-9(17(19)20)10(15-12(13)16-11)14-7-4-2-3-5-7/h7H,2-6H2,1H3,(H,14,15,16). The van der Waals surface area contributed by atoms with Crippen LogP contribution in [0.3, 0.4) is 0 Å². The molecule has 0 bridgehead atoms. The number of nitrogens with one attached hydrogen (secondary N) is 1. The summed E-state index contributed by atoms with van der Waals surface area (Å²) in [6.07, 6.45) is 4.02. The van der Waals surface area contributed by atoms with Gasteiger partial charge in [0.25, 0.3) is 0 Å². The number of hydrogen-bond donors (Lipinski definition) is 1. The van der Waals surface area contributed by atoms with Gasteiger partial charge in [-0.2, -0.15) is 4.98 Å². The van der Waals surface area contributed by atoms with E-state index in [1.54, 1.807) is 0 Å². The summed E-state index contributed by atoms with van der Waals surface area (Å²) in [6.45, 7) is 0. The van der Waals surface area contributed by atoms with Crippen LogP contribution in [0.25, 0.3) is 0 Å². The number of esters is 1. The second kappa shape index (κ2) is 7.59. The maximum absolute atomic E-state index is 11.4. The normalized spacial score (nSPS) is 14.8. The third kappa shape index (κ3) is 4.20. The number of rotatable bonds is 6. The molecule has 0 aliphatic heterocycles. The van der Waals surface area contributed by atoms with E-state index in [-0.39, 0.29) is 33.6 Å². The third-order valence-corrected chi connectivity index (χ3v) is 4.36. The van der Waals surface area contributed by atoms with Crippen molar-refractivity contribution >= 4 is 40.8 Å². The van der Waals surface area contributed by atoms with E-state index >= 15 is 0 Å². The Hall–Kier alpha value is -1.61. The minimum Gasteiger partial charge on any atom is -0.468 e. The highest BCUT2D eigenvalue weighted by Crippen LogP contribution is 2.35. The van der Waals surface area contributed by atoms with Crippen molar-refractivity contribution in [1.82, 2.24) is 9.97 Å². The number of halogens is 1. The Labute approximate surface area is 136 Å². The van der Waals surface area contributed by atoms with E-state index in [1.165, 1.54) is 7.11 Å². The summed E-state index contributed by atoms with van der Waals surface area (Å²) < 4.78 is 4.52. The Morgan fingerprint density at radius 1 is 1.50 bits per heavy atom. The van der Waals surface area contributed by atoms with Gasteiger partial charge in [0.05, 0.1) is 17.8 Å². The fourth-order valence-electron chi connectivity index (χ4n) is 2.22. The van der Waals surface area contributed by atoms with Gasteiger partial charge in [0.2, 0.25) is 11.1 Å². The largest absolute Gasteiger partial charge is 0.468 e. The molecule has 1 aromatic heterocycles. The van der Waals surface area contributed by atoms with Crippen molar-refractivity contribution in [1.29, 1.82) is 0 Å². The predicted octanol–water partition coefficient (Wildman–Crippen LogP) is 2.66. The molecule has 22 heavy (non-hydrogen) atoms. The molecule has 1 aliphatic carbocycles. The number of aromatic nitrogens is 2. The molecule has 1 N–H and O–H groups in total. The molecule has 1 aromatic rings. The molecule has 1 aliphatic rings. The van der Waals surface area contributed by atoms with Gasteiger partial charge in [-0.25, -0.2) is 4.98 Å². The lowest BCUT2D eigenvalue weighted by Gasteiger charge is -2.13. The van der Waals surface area contributed by atoms with Gasteiger partial charge in [-0.3, -0.25) is 14.9 Å². The SMILES string of the molecule is COC(=O)CSc1nc(Cl)nc(NC2CCCC2)c1[N+](=O)[O-]. The van der Waals surface area contributed by atoms with Crippen molar-refractivity contribution in [3.63, 3.8) is 0 Å². The van der Waals surface area contributed by atoms with Gasteiger partial charge in [-0.15, -0.1) is 0 Å². The number of carbonyl (C=O) groups excluding carboxylic acids is 1. The van der Waals surface area contributed by atoms with Crippen molar-refractivity contribution in [3.8, 4) is 0 Å². The van der Waals surface area contributed by atoms with Gasteiger partial charge < -0.3 is 10.1 Å². The maximum Gasteiger partial charge on any atom is 0.343 e. The molecule has 10 heteroatoms.